The summed E-state index contributed by atoms with van der Waals surface area (Å²) >= 11 is 0. The molecule has 1 atom stereocenters. The summed E-state index contributed by atoms with van der Waals surface area (Å²) in [6, 6.07) is 10.6. The molecule has 0 N–H and O–H groups in total. The van der Waals surface area contributed by atoms with Crippen LogP contribution in [-0.2, 0) is 0 Å². The molecule has 1 fully saturated rings. The summed E-state index contributed by atoms with van der Waals surface area (Å²) in [5.41, 5.74) is 1.83. The van der Waals surface area contributed by atoms with Gasteiger partial charge in [0.05, 0.1) is 0 Å². The molecule has 25 heavy (non-hydrogen) atoms. The maximum absolute atomic E-state index is 13.2. The minimum absolute atomic E-state index is 0.0686. The fourth-order valence-corrected chi connectivity index (χ4v) is 3.52. The quantitative estimate of drug-likeness (QED) is 0.854. The second-order valence-electron chi connectivity index (χ2n) is 6.39. The molecule has 0 unspecified atom stereocenters. The van der Waals surface area contributed by atoms with E-state index in [1.165, 1.54) is 12.1 Å². The van der Waals surface area contributed by atoms with Crippen LogP contribution in [0.1, 0.15) is 41.7 Å². The van der Waals surface area contributed by atoms with E-state index < -0.39 is 0 Å². The van der Waals surface area contributed by atoms with Crippen LogP contribution in [0.15, 0.2) is 48.8 Å². The van der Waals surface area contributed by atoms with Crippen LogP contribution >= 0.6 is 0 Å². The summed E-state index contributed by atoms with van der Waals surface area (Å²) < 4.78 is 13.2. The van der Waals surface area contributed by atoms with E-state index in [9.17, 15) is 9.18 Å². The van der Waals surface area contributed by atoms with E-state index in [0.717, 1.165) is 38.0 Å². The maximum Gasteiger partial charge on any atom is 0.254 e. The number of nitrogens with zero attached hydrogens (tertiary/aromatic N) is 3. The fraction of sp³-hybridized carbons (Fsp3) is 0.400. The van der Waals surface area contributed by atoms with Crippen LogP contribution in [-0.4, -0.2) is 46.9 Å². The van der Waals surface area contributed by atoms with Gasteiger partial charge in [-0.15, -0.1) is 0 Å². The molecule has 132 valence electrons. The Balaban J connectivity index is 1.68. The number of aromatic nitrogens is 1. The zero-order chi connectivity index (χ0) is 17.6. The number of carbonyl (C=O) groups excluding carboxylic acids is 1. The number of benzene rings is 1. The number of amides is 1. The highest BCUT2D eigenvalue weighted by atomic mass is 19.1. The van der Waals surface area contributed by atoms with Crippen molar-refractivity contribution >= 4 is 5.91 Å². The highest BCUT2D eigenvalue weighted by Crippen LogP contribution is 2.25. The van der Waals surface area contributed by atoms with Crippen LogP contribution in [0.3, 0.4) is 0 Å². The molecule has 4 nitrogen and oxygen atoms in total. The number of carbonyl (C=O) groups is 1. The lowest BCUT2D eigenvalue weighted by Crippen LogP contribution is -2.36. The Morgan fingerprint density at radius 2 is 1.80 bits per heavy atom. The van der Waals surface area contributed by atoms with Crippen molar-refractivity contribution in [3.63, 3.8) is 0 Å². The molecule has 2 aromatic rings. The third-order valence-electron chi connectivity index (χ3n) is 4.83. The van der Waals surface area contributed by atoms with Crippen molar-refractivity contribution in [2.45, 2.75) is 25.8 Å². The molecule has 0 bridgehead atoms. The molecule has 1 aromatic carbocycles. The third kappa shape index (κ3) is 4.23. The number of hydrogen-bond donors (Lipinski definition) is 0. The topological polar surface area (TPSA) is 36.4 Å². The predicted octanol–water partition coefficient (Wildman–Crippen LogP) is 3.52. The fourth-order valence-electron chi connectivity index (χ4n) is 3.52. The molecular weight excluding hydrogens is 317 g/mol. The van der Waals surface area contributed by atoms with Crippen LogP contribution in [0.25, 0.3) is 0 Å². The van der Waals surface area contributed by atoms with Gasteiger partial charge in [0.15, 0.2) is 0 Å². The number of pyridine rings is 1. The summed E-state index contributed by atoms with van der Waals surface area (Å²) in [7, 11) is 0. The monoisotopic (exact) mass is 341 g/mol. The van der Waals surface area contributed by atoms with Gasteiger partial charge >= 0.3 is 0 Å². The molecule has 1 aliphatic heterocycles. The second kappa shape index (κ2) is 8.21. The Morgan fingerprint density at radius 3 is 2.48 bits per heavy atom. The molecular formula is C20H24FN3O. The molecule has 1 aromatic heterocycles. The second-order valence-corrected chi connectivity index (χ2v) is 6.39. The highest BCUT2D eigenvalue weighted by molar-refractivity contribution is 5.94. The average Bonchev–Trinajstić information content (AvgIpc) is 2.90. The van der Waals surface area contributed by atoms with Crippen molar-refractivity contribution in [2.75, 3.05) is 26.2 Å². The van der Waals surface area contributed by atoms with Crippen LogP contribution in [0.2, 0.25) is 0 Å². The molecule has 1 saturated heterocycles. The minimum Gasteiger partial charge on any atom is -0.337 e. The largest absolute Gasteiger partial charge is 0.337 e. The normalized spacial score (nSPS) is 17.1. The first-order valence-corrected chi connectivity index (χ1v) is 8.88. The molecule has 1 aliphatic rings. The average molecular weight is 341 g/mol. The highest BCUT2D eigenvalue weighted by Gasteiger charge is 2.24. The van der Waals surface area contributed by atoms with E-state index in [4.69, 9.17) is 0 Å². The van der Waals surface area contributed by atoms with Crippen LogP contribution < -0.4 is 0 Å². The predicted molar refractivity (Wildman–Crippen MR) is 95.8 cm³/mol. The van der Waals surface area contributed by atoms with Crippen LogP contribution in [0.5, 0.6) is 0 Å². The lowest BCUT2D eigenvalue weighted by Gasteiger charge is -2.30. The molecule has 0 spiro atoms. The SMILES string of the molecule is CC[C@@H](c1ccc(F)cc1)N1CCCN(C(=O)c2ccncc2)CC1. The molecule has 0 radical (unpaired) electrons. The van der Waals surface area contributed by atoms with E-state index in [1.54, 1.807) is 24.5 Å². The smallest absolute Gasteiger partial charge is 0.254 e. The van der Waals surface area contributed by atoms with Gasteiger partial charge in [-0.2, -0.15) is 0 Å². The summed E-state index contributed by atoms with van der Waals surface area (Å²) in [5.74, 6) is -0.136. The van der Waals surface area contributed by atoms with Gasteiger partial charge in [0.2, 0.25) is 0 Å². The Morgan fingerprint density at radius 1 is 1.08 bits per heavy atom. The molecule has 5 heteroatoms. The number of rotatable bonds is 4. The standard InChI is InChI=1S/C20H24FN3O/c1-2-19(16-4-6-18(21)7-5-16)23-12-3-13-24(15-14-23)20(25)17-8-10-22-11-9-17/h4-11,19H,2-3,12-15H2,1H3/t19-/m0/s1. The van der Waals surface area contributed by atoms with Gasteiger partial charge in [0.1, 0.15) is 5.82 Å². The molecule has 2 heterocycles. The van der Waals surface area contributed by atoms with Crippen LogP contribution in [0, 0.1) is 5.82 Å². The summed E-state index contributed by atoms with van der Waals surface area (Å²) in [4.78, 5) is 20.9. The summed E-state index contributed by atoms with van der Waals surface area (Å²) in [6.45, 7) is 5.39. The Bertz CT molecular complexity index is 690. The van der Waals surface area contributed by atoms with Crippen molar-refractivity contribution in [3.05, 3.63) is 65.7 Å². The number of halogens is 1. The van der Waals surface area contributed by atoms with Gasteiger partial charge in [-0.25, -0.2) is 4.39 Å². The Hall–Kier alpha value is -2.27. The van der Waals surface area contributed by atoms with Crippen molar-refractivity contribution < 1.29 is 9.18 Å². The Kier molecular flexibility index (Phi) is 5.76. The van der Waals surface area contributed by atoms with Crippen molar-refractivity contribution in [1.29, 1.82) is 0 Å². The molecule has 1 amide bonds. The Labute approximate surface area is 148 Å². The van der Waals surface area contributed by atoms with E-state index in [0.29, 0.717) is 12.1 Å². The van der Waals surface area contributed by atoms with Gasteiger partial charge in [-0.05, 0) is 42.7 Å². The van der Waals surface area contributed by atoms with Crippen molar-refractivity contribution in [3.8, 4) is 0 Å². The minimum atomic E-state index is -0.205. The molecule has 3 rings (SSSR count). The van der Waals surface area contributed by atoms with Gasteiger partial charge < -0.3 is 4.90 Å². The summed E-state index contributed by atoms with van der Waals surface area (Å²) in [6.07, 6.45) is 5.20. The van der Waals surface area contributed by atoms with Gasteiger partial charge in [-0.1, -0.05) is 19.1 Å². The maximum atomic E-state index is 13.2. The van der Waals surface area contributed by atoms with Crippen molar-refractivity contribution in [2.24, 2.45) is 0 Å². The lowest BCUT2D eigenvalue weighted by molar-refractivity contribution is 0.0757. The third-order valence-corrected chi connectivity index (χ3v) is 4.83. The van der Waals surface area contributed by atoms with E-state index in [-0.39, 0.29) is 17.8 Å². The number of hydrogen-bond acceptors (Lipinski definition) is 3. The zero-order valence-corrected chi connectivity index (χ0v) is 14.6. The van der Waals surface area contributed by atoms with Crippen molar-refractivity contribution in [1.82, 2.24) is 14.8 Å². The van der Waals surface area contributed by atoms with Gasteiger partial charge in [0, 0.05) is 50.2 Å². The molecule has 0 saturated carbocycles. The van der Waals surface area contributed by atoms with Crippen LogP contribution in [0.4, 0.5) is 4.39 Å². The van der Waals surface area contributed by atoms with E-state index >= 15 is 0 Å². The zero-order valence-electron chi connectivity index (χ0n) is 14.6. The first kappa shape index (κ1) is 17.5. The molecule has 0 aliphatic carbocycles. The van der Waals surface area contributed by atoms with Gasteiger partial charge in [-0.3, -0.25) is 14.7 Å². The lowest BCUT2D eigenvalue weighted by atomic mass is 10.0. The first-order chi connectivity index (χ1) is 12.2. The van der Waals surface area contributed by atoms with E-state index in [1.807, 2.05) is 17.0 Å². The summed E-state index contributed by atoms with van der Waals surface area (Å²) in [5, 5.41) is 0. The van der Waals surface area contributed by atoms with E-state index in [2.05, 4.69) is 16.8 Å². The van der Waals surface area contributed by atoms with Gasteiger partial charge in [0.25, 0.3) is 5.91 Å². The first-order valence-electron chi connectivity index (χ1n) is 8.88.